The van der Waals surface area contributed by atoms with Crippen LogP contribution in [0, 0.1) is 42.9 Å². The number of thioether (sulfide) groups is 1. The van der Waals surface area contributed by atoms with Gasteiger partial charge in [0.25, 0.3) is 0 Å². The summed E-state index contributed by atoms with van der Waals surface area (Å²) in [7, 11) is 0. The zero-order valence-electron chi connectivity index (χ0n) is 17.2. The molecule has 1 aromatic carbocycles. The van der Waals surface area contributed by atoms with E-state index in [1.807, 2.05) is 18.2 Å². The largest absolute Gasteiger partial charge is 0.466 e. The van der Waals surface area contributed by atoms with Crippen LogP contribution >= 0.6 is 11.8 Å². The van der Waals surface area contributed by atoms with Gasteiger partial charge >= 0.3 is 5.97 Å². The molecule has 0 radical (unpaired) electrons. The van der Waals surface area contributed by atoms with E-state index in [4.69, 9.17) is 9.73 Å². The first-order valence-corrected chi connectivity index (χ1v) is 11.3. The summed E-state index contributed by atoms with van der Waals surface area (Å²) in [6.07, 6.45) is 4.56. The van der Waals surface area contributed by atoms with E-state index in [0.29, 0.717) is 6.61 Å². The Morgan fingerprint density at radius 2 is 2.24 bits per heavy atom. The number of hydrazine groups is 1. The Labute approximate surface area is 176 Å². The number of esters is 1. The van der Waals surface area contributed by atoms with Crippen molar-refractivity contribution in [3.05, 3.63) is 41.0 Å². The van der Waals surface area contributed by atoms with Gasteiger partial charge in [-0.2, -0.15) is 5.26 Å². The molecule has 0 amide bonds. The van der Waals surface area contributed by atoms with Crippen LogP contribution in [0.3, 0.4) is 0 Å². The molecule has 152 valence electrons. The number of fused-ring (bicyclic) bond motifs is 1. The van der Waals surface area contributed by atoms with Crippen LogP contribution in [0.5, 0.6) is 0 Å². The Kier molecular flexibility index (Phi) is 5.41. The van der Waals surface area contributed by atoms with Crippen molar-refractivity contribution in [3.63, 3.8) is 0 Å². The number of nitrogens with one attached hydrogen (secondary N) is 1. The second kappa shape index (κ2) is 7.85. The number of rotatable bonds is 5. The van der Waals surface area contributed by atoms with Crippen molar-refractivity contribution in [2.45, 2.75) is 38.7 Å². The van der Waals surface area contributed by atoms with Gasteiger partial charge in [-0.05, 0) is 45.1 Å². The number of carbonyl (C=O) groups excluding carboxylic acids is 1. The third-order valence-electron chi connectivity index (χ3n) is 5.82. The zero-order valence-corrected chi connectivity index (χ0v) is 18.0. The number of hydrogen-bond acceptors (Lipinski definition) is 7. The molecule has 0 aromatic heterocycles. The molecule has 29 heavy (non-hydrogen) atoms. The molecule has 0 spiro atoms. The highest BCUT2D eigenvalue weighted by Crippen LogP contribution is 2.45. The Morgan fingerprint density at radius 1 is 1.45 bits per heavy atom. The molecular formula is C22H26N4O2S. The molecule has 7 heteroatoms. The average molecular weight is 411 g/mol. The third-order valence-corrected chi connectivity index (χ3v) is 6.73. The van der Waals surface area contributed by atoms with Gasteiger partial charge in [-0.25, -0.2) is 5.43 Å². The van der Waals surface area contributed by atoms with E-state index < -0.39 is 0 Å². The SMILES string of the molecule is CCOC(=O)C1CC1C1=NC2C(C#N)C(SC)NN2C(c2ccc(C)cc2C)=C1. The first kappa shape index (κ1) is 20.0. The number of aliphatic imine (C=N–C) groups is 1. The van der Waals surface area contributed by atoms with Crippen molar-refractivity contribution in [2.75, 3.05) is 12.9 Å². The molecule has 1 aliphatic carbocycles. The molecule has 5 atom stereocenters. The fourth-order valence-corrected chi connectivity index (χ4v) is 4.95. The maximum absolute atomic E-state index is 12.2. The quantitative estimate of drug-likeness (QED) is 0.751. The van der Waals surface area contributed by atoms with Crippen LogP contribution < -0.4 is 5.43 Å². The minimum Gasteiger partial charge on any atom is -0.466 e. The topological polar surface area (TPSA) is 77.7 Å². The molecule has 1 N–H and O–H groups in total. The van der Waals surface area contributed by atoms with Crippen molar-refractivity contribution >= 4 is 29.1 Å². The van der Waals surface area contributed by atoms with E-state index in [-0.39, 0.29) is 35.3 Å². The normalized spacial score (nSPS) is 30.2. The van der Waals surface area contributed by atoms with E-state index in [1.165, 1.54) is 11.1 Å². The summed E-state index contributed by atoms with van der Waals surface area (Å²) < 4.78 is 5.20. The highest BCUT2D eigenvalue weighted by Gasteiger charge is 2.51. The highest BCUT2D eigenvalue weighted by molar-refractivity contribution is 7.99. The third kappa shape index (κ3) is 3.56. The highest BCUT2D eigenvalue weighted by atomic mass is 32.2. The van der Waals surface area contributed by atoms with Crippen LogP contribution in [0.2, 0.25) is 0 Å². The monoisotopic (exact) mass is 410 g/mol. The summed E-state index contributed by atoms with van der Waals surface area (Å²) in [5.41, 5.74) is 8.91. The van der Waals surface area contributed by atoms with Crippen molar-refractivity contribution in [1.82, 2.24) is 10.4 Å². The van der Waals surface area contributed by atoms with Crippen molar-refractivity contribution in [2.24, 2.45) is 22.7 Å². The van der Waals surface area contributed by atoms with Crippen LogP contribution in [0.4, 0.5) is 0 Å². The Hall–Kier alpha value is -2.30. The second-order valence-corrected chi connectivity index (χ2v) is 8.81. The van der Waals surface area contributed by atoms with E-state index in [2.05, 4.69) is 49.6 Å². The summed E-state index contributed by atoms with van der Waals surface area (Å²) in [6, 6.07) is 8.84. The van der Waals surface area contributed by atoms with E-state index in [0.717, 1.165) is 23.4 Å². The summed E-state index contributed by atoms with van der Waals surface area (Å²) in [6.45, 7) is 6.41. The lowest BCUT2D eigenvalue weighted by Gasteiger charge is -2.32. The lowest BCUT2D eigenvalue weighted by Crippen LogP contribution is -2.40. The second-order valence-electron chi connectivity index (χ2n) is 7.83. The van der Waals surface area contributed by atoms with Gasteiger partial charge in [-0.3, -0.25) is 14.8 Å². The summed E-state index contributed by atoms with van der Waals surface area (Å²) in [5.74, 6) is -0.463. The number of allylic oxidation sites excluding steroid dienone is 1. The predicted molar refractivity (Wildman–Crippen MR) is 115 cm³/mol. The van der Waals surface area contributed by atoms with Crippen LogP contribution in [0.1, 0.15) is 30.0 Å². The minimum absolute atomic E-state index is 0.0256. The number of ether oxygens (including phenoxy) is 1. The molecule has 6 nitrogen and oxygen atoms in total. The molecule has 0 bridgehead atoms. The Bertz CT molecular complexity index is 935. The average Bonchev–Trinajstić information content (AvgIpc) is 3.42. The number of carbonyl (C=O) groups is 1. The molecule has 2 aliphatic heterocycles. The minimum atomic E-state index is -0.295. The van der Waals surface area contributed by atoms with Gasteiger partial charge in [-0.15, -0.1) is 11.8 Å². The van der Waals surface area contributed by atoms with E-state index in [1.54, 1.807) is 11.8 Å². The lowest BCUT2D eigenvalue weighted by molar-refractivity contribution is -0.144. The molecule has 4 rings (SSSR count). The fourth-order valence-electron chi connectivity index (χ4n) is 4.24. The first-order valence-electron chi connectivity index (χ1n) is 10.00. The maximum atomic E-state index is 12.2. The van der Waals surface area contributed by atoms with Crippen LogP contribution in [-0.4, -0.2) is 41.1 Å². The standard InChI is InChI=1S/C22H26N4O2S/c1-5-28-22(27)16-9-15(16)18-10-19(14-7-6-12(2)8-13(14)3)26-20(24-18)17(11-23)21(25-26)29-4/h6-8,10,15-17,20-21,25H,5,9H2,1-4H3. The molecule has 1 aromatic rings. The Balaban J connectivity index is 1.73. The van der Waals surface area contributed by atoms with Gasteiger partial charge in [-0.1, -0.05) is 23.8 Å². The van der Waals surface area contributed by atoms with Gasteiger partial charge in [0.1, 0.15) is 5.92 Å². The number of hydrogen-bond donors (Lipinski definition) is 1. The number of benzene rings is 1. The Morgan fingerprint density at radius 3 is 2.90 bits per heavy atom. The van der Waals surface area contributed by atoms with Crippen molar-refractivity contribution in [1.29, 1.82) is 5.26 Å². The number of nitrogens with zero attached hydrogens (tertiary/aromatic N) is 3. The number of nitriles is 1. The fraction of sp³-hybridized carbons (Fsp3) is 0.500. The van der Waals surface area contributed by atoms with Gasteiger partial charge in [0.15, 0.2) is 6.17 Å². The van der Waals surface area contributed by atoms with Gasteiger partial charge < -0.3 is 4.74 Å². The van der Waals surface area contributed by atoms with Gasteiger partial charge in [0, 0.05) is 17.2 Å². The smallest absolute Gasteiger partial charge is 0.309 e. The summed E-state index contributed by atoms with van der Waals surface area (Å²) >= 11 is 1.63. The van der Waals surface area contributed by atoms with Gasteiger partial charge in [0.05, 0.1) is 29.7 Å². The maximum Gasteiger partial charge on any atom is 0.309 e. The molecule has 2 heterocycles. The van der Waals surface area contributed by atoms with Crippen molar-refractivity contribution in [3.8, 4) is 6.07 Å². The van der Waals surface area contributed by atoms with Gasteiger partial charge in [0.2, 0.25) is 0 Å². The molecule has 2 fully saturated rings. The van der Waals surface area contributed by atoms with Crippen LogP contribution in [-0.2, 0) is 9.53 Å². The molecule has 3 aliphatic rings. The van der Waals surface area contributed by atoms with Crippen LogP contribution in [0.15, 0.2) is 29.3 Å². The van der Waals surface area contributed by atoms with E-state index in [9.17, 15) is 10.1 Å². The predicted octanol–water partition coefficient (Wildman–Crippen LogP) is 3.27. The van der Waals surface area contributed by atoms with Crippen molar-refractivity contribution < 1.29 is 9.53 Å². The molecular weight excluding hydrogens is 384 g/mol. The van der Waals surface area contributed by atoms with E-state index >= 15 is 0 Å². The summed E-state index contributed by atoms with van der Waals surface area (Å²) in [4.78, 5) is 17.1. The molecule has 5 unspecified atom stereocenters. The molecule has 1 saturated heterocycles. The number of aryl methyl sites for hydroxylation is 2. The summed E-state index contributed by atoms with van der Waals surface area (Å²) in [5, 5.41) is 11.8. The lowest BCUT2D eigenvalue weighted by atomic mass is 9.98. The molecule has 1 saturated carbocycles. The first-order chi connectivity index (χ1) is 14.0. The zero-order chi connectivity index (χ0) is 20.7. The van der Waals surface area contributed by atoms with Crippen LogP contribution in [0.25, 0.3) is 5.70 Å².